The Bertz CT molecular complexity index is 621. The lowest BCUT2D eigenvalue weighted by molar-refractivity contribution is -0.139. The SMILES string of the molecule is CCCCC[C@@H]1O[C@@H](O)C[C@@H]1SC[C@H](NC(=O)CC[C@H](N)C(=O)O)C(=O)NCC(=O)O. The molecule has 0 spiro atoms. The van der Waals surface area contributed by atoms with Gasteiger partial charge < -0.3 is 36.4 Å². The molecule has 1 fully saturated rings. The molecule has 5 atom stereocenters. The Balaban J connectivity index is 2.67. The van der Waals surface area contributed by atoms with Crippen LogP contribution in [0.15, 0.2) is 0 Å². The van der Waals surface area contributed by atoms with Gasteiger partial charge in [-0.3, -0.25) is 19.2 Å². The van der Waals surface area contributed by atoms with Crippen molar-refractivity contribution in [2.45, 2.75) is 81.6 Å². The molecule has 178 valence electrons. The molecular weight excluding hydrogens is 430 g/mol. The van der Waals surface area contributed by atoms with E-state index < -0.39 is 48.7 Å². The number of thioether (sulfide) groups is 1. The molecule has 1 aliphatic rings. The second-order valence-electron chi connectivity index (χ2n) is 7.45. The number of aliphatic hydroxyl groups is 1. The van der Waals surface area contributed by atoms with Gasteiger partial charge in [0.15, 0.2) is 6.29 Å². The van der Waals surface area contributed by atoms with Crippen molar-refractivity contribution < 1.29 is 39.2 Å². The van der Waals surface area contributed by atoms with E-state index in [1.54, 1.807) is 0 Å². The third-order valence-electron chi connectivity index (χ3n) is 4.81. The molecule has 0 bridgehead atoms. The molecular formula is C19H33N3O8S. The summed E-state index contributed by atoms with van der Waals surface area (Å²) in [6, 6.07) is -2.22. The number of hydrogen-bond acceptors (Lipinski definition) is 8. The van der Waals surface area contributed by atoms with Gasteiger partial charge >= 0.3 is 11.9 Å². The van der Waals surface area contributed by atoms with Gasteiger partial charge in [0.05, 0.1) is 6.10 Å². The summed E-state index contributed by atoms with van der Waals surface area (Å²) in [6.45, 7) is 1.49. The van der Waals surface area contributed by atoms with Crippen LogP contribution in [0.2, 0.25) is 0 Å². The van der Waals surface area contributed by atoms with Gasteiger partial charge in [0.2, 0.25) is 11.8 Å². The van der Waals surface area contributed by atoms with E-state index in [9.17, 15) is 24.3 Å². The Hall–Kier alpha value is -1.89. The Morgan fingerprint density at radius 2 is 1.94 bits per heavy atom. The number of carboxylic acids is 2. The first-order valence-electron chi connectivity index (χ1n) is 10.4. The molecule has 0 aromatic carbocycles. The normalized spacial score (nSPS) is 22.5. The van der Waals surface area contributed by atoms with Crippen LogP contribution in [0.1, 0.15) is 51.9 Å². The maximum Gasteiger partial charge on any atom is 0.322 e. The maximum absolute atomic E-state index is 12.4. The van der Waals surface area contributed by atoms with E-state index in [1.165, 1.54) is 11.8 Å². The highest BCUT2D eigenvalue weighted by molar-refractivity contribution is 8.00. The Kier molecular flexibility index (Phi) is 12.5. The van der Waals surface area contributed by atoms with Crippen molar-refractivity contribution in [3.05, 3.63) is 0 Å². The van der Waals surface area contributed by atoms with Crippen LogP contribution in [0.3, 0.4) is 0 Å². The number of unbranched alkanes of at least 4 members (excludes halogenated alkanes) is 2. The van der Waals surface area contributed by atoms with E-state index in [1.807, 2.05) is 0 Å². The van der Waals surface area contributed by atoms with Gasteiger partial charge in [0.1, 0.15) is 18.6 Å². The number of nitrogens with one attached hydrogen (secondary N) is 2. The van der Waals surface area contributed by atoms with Crippen molar-refractivity contribution >= 4 is 35.5 Å². The number of aliphatic hydroxyl groups excluding tert-OH is 1. The van der Waals surface area contributed by atoms with Crippen LogP contribution in [0, 0.1) is 0 Å². The van der Waals surface area contributed by atoms with Crippen molar-refractivity contribution in [1.29, 1.82) is 0 Å². The van der Waals surface area contributed by atoms with Crippen molar-refractivity contribution in [2.24, 2.45) is 5.73 Å². The molecule has 1 heterocycles. The lowest BCUT2D eigenvalue weighted by Gasteiger charge is -2.22. The molecule has 0 saturated carbocycles. The Morgan fingerprint density at radius 1 is 1.23 bits per heavy atom. The van der Waals surface area contributed by atoms with Gasteiger partial charge in [-0.25, -0.2) is 0 Å². The Morgan fingerprint density at radius 3 is 2.55 bits per heavy atom. The molecule has 0 unspecified atom stereocenters. The van der Waals surface area contributed by atoms with E-state index in [2.05, 4.69) is 17.6 Å². The lowest BCUT2D eigenvalue weighted by Crippen LogP contribution is -2.50. The van der Waals surface area contributed by atoms with Gasteiger partial charge in [-0.15, -0.1) is 0 Å². The number of amides is 2. The standard InChI is InChI=1S/C19H33N3O8S/c1-2-3-4-5-13-14(8-17(26)30-13)31-10-12(18(27)21-9-16(24)25)22-15(23)7-6-11(20)19(28)29/h11-14,17,26H,2-10,20H2,1H3,(H,21,27)(H,22,23)(H,24,25)(H,28,29)/t11-,12-,13-,14-,17+/m0/s1. The zero-order chi connectivity index (χ0) is 23.4. The monoisotopic (exact) mass is 463 g/mol. The zero-order valence-electron chi connectivity index (χ0n) is 17.6. The van der Waals surface area contributed by atoms with Crippen molar-refractivity contribution in [2.75, 3.05) is 12.3 Å². The van der Waals surface area contributed by atoms with Crippen LogP contribution in [0.5, 0.6) is 0 Å². The quantitative estimate of drug-likeness (QED) is 0.175. The maximum atomic E-state index is 12.4. The van der Waals surface area contributed by atoms with E-state index in [-0.39, 0.29) is 29.9 Å². The second-order valence-corrected chi connectivity index (χ2v) is 8.72. The molecule has 0 radical (unpaired) electrons. The number of carbonyl (C=O) groups excluding carboxylic acids is 2. The average molecular weight is 464 g/mol. The van der Waals surface area contributed by atoms with Crippen LogP contribution in [-0.2, 0) is 23.9 Å². The fraction of sp³-hybridized carbons (Fsp3) is 0.789. The third kappa shape index (κ3) is 10.8. The lowest BCUT2D eigenvalue weighted by atomic mass is 10.1. The fourth-order valence-electron chi connectivity index (χ4n) is 3.09. The predicted molar refractivity (Wildman–Crippen MR) is 113 cm³/mol. The summed E-state index contributed by atoms with van der Waals surface area (Å²) in [5.74, 6) is -3.52. The molecule has 0 aliphatic carbocycles. The van der Waals surface area contributed by atoms with Crippen molar-refractivity contribution in [3.63, 3.8) is 0 Å². The first kappa shape index (κ1) is 27.1. The average Bonchev–Trinajstić information content (AvgIpc) is 3.06. The summed E-state index contributed by atoms with van der Waals surface area (Å²) in [6.07, 6.45) is 2.89. The number of hydrogen-bond donors (Lipinski definition) is 6. The predicted octanol–water partition coefficient (Wildman–Crippen LogP) is -0.346. The van der Waals surface area contributed by atoms with E-state index in [0.717, 1.165) is 25.7 Å². The molecule has 11 nitrogen and oxygen atoms in total. The summed E-state index contributed by atoms with van der Waals surface area (Å²) in [4.78, 5) is 46.1. The molecule has 1 saturated heterocycles. The first-order chi connectivity index (χ1) is 14.6. The van der Waals surface area contributed by atoms with Gasteiger partial charge in [0, 0.05) is 23.8 Å². The molecule has 7 N–H and O–H groups in total. The molecule has 31 heavy (non-hydrogen) atoms. The van der Waals surface area contributed by atoms with Crippen molar-refractivity contribution in [3.8, 4) is 0 Å². The van der Waals surface area contributed by atoms with Gasteiger partial charge in [0.25, 0.3) is 0 Å². The zero-order valence-corrected chi connectivity index (χ0v) is 18.4. The molecule has 12 heteroatoms. The summed E-state index contributed by atoms with van der Waals surface area (Å²) in [7, 11) is 0. The highest BCUT2D eigenvalue weighted by Gasteiger charge is 2.35. The van der Waals surface area contributed by atoms with Crippen LogP contribution in [-0.4, -0.2) is 81.1 Å². The number of nitrogens with two attached hydrogens (primary N) is 1. The van der Waals surface area contributed by atoms with E-state index in [0.29, 0.717) is 6.42 Å². The molecule has 2 amide bonds. The highest BCUT2D eigenvalue weighted by Crippen LogP contribution is 2.33. The molecule has 0 aromatic heterocycles. The largest absolute Gasteiger partial charge is 0.480 e. The minimum absolute atomic E-state index is 0.0704. The summed E-state index contributed by atoms with van der Waals surface area (Å²) in [5.41, 5.74) is 5.39. The minimum Gasteiger partial charge on any atom is -0.480 e. The van der Waals surface area contributed by atoms with Gasteiger partial charge in [-0.2, -0.15) is 11.8 Å². The smallest absolute Gasteiger partial charge is 0.322 e. The molecule has 0 aromatic rings. The van der Waals surface area contributed by atoms with E-state index >= 15 is 0 Å². The molecule has 1 rings (SSSR count). The van der Waals surface area contributed by atoms with Crippen LogP contribution in [0.25, 0.3) is 0 Å². The summed E-state index contributed by atoms with van der Waals surface area (Å²) < 4.78 is 5.56. The van der Waals surface area contributed by atoms with E-state index in [4.69, 9.17) is 20.7 Å². The number of carboxylic acid groups (broad SMARTS) is 2. The highest BCUT2D eigenvalue weighted by atomic mass is 32.2. The Labute approximate surface area is 185 Å². The van der Waals surface area contributed by atoms with Crippen LogP contribution in [0.4, 0.5) is 0 Å². The van der Waals surface area contributed by atoms with Crippen molar-refractivity contribution in [1.82, 2.24) is 10.6 Å². The summed E-state index contributed by atoms with van der Waals surface area (Å²) >= 11 is 1.37. The number of rotatable bonds is 15. The third-order valence-corrected chi connectivity index (χ3v) is 6.26. The molecule has 1 aliphatic heterocycles. The van der Waals surface area contributed by atoms with Gasteiger partial charge in [-0.05, 0) is 12.8 Å². The second kappa shape index (κ2) is 14.2. The summed E-state index contributed by atoms with van der Waals surface area (Å²) in [5, 5.41) is 32.1. The number of aliphatic carboxylic acids is 2. The number of carbonyl (C=O) groups is 4. The van der Waals surface area contributed by atoms with Crippen LogP contribution >= 0.6 is 11.8 Å². The van der Waals surface area contributed by atoms with Gasteiger partial charge in [-0.1, -0.05) is 26.2 Å². The number of ether oxygens (including phenoxy) is 1. The minimum atomic E-state index is -1.23. The fourth-order valence-corrected chi connectivity index (χ4v) is 4.48. The first-order valence-corrected chi connectivity index (χ1v) is 11.4. The van der Waals surface area contributed by atoms with Crippen LogP contribution < -0.4 is 16.4 Å². The topological polar surface area (TPSA) is 188 Å².